The van der Waals surface area contributed by atoms with Gasteiger partial charge < -0.3 is 9.30 Å². The van der Waals surface area contributed by atoms with Crippen LogP contribution in [0.25, 0.3) is 89.8 Å². The van der Waals surface area contributed by atoms with E-state index in [-0.39, 0.29) is 0 Å². The third-order valence-corrected chi connectivity index (χ3v) is 9.83. The Labute approximate surface area is 288 Å². The fraction of sp³-hybridized carbons (Fsp3) is 0.0222. The molecule has 0 amide bonds. The molecule has 0 saturated carbocycles. The fourth-order valence-corrected chi connectivity index (χ4v) is 7.66. The second kappa shape index (κ2) is 10.9. The summed E-state index contributed by atoms with van der Waals surface area (Å²) in [4.78, 5) is 10.4. The summed E-state index contributed by atoms with van der Waals surface area (Å²) in [6, 6.07) is 46.6. The van der Waals surface area contributed by atoms with Crippen LogP contribution in [0, 0.1) is 0 Å². The Hall–Kier alpha value is -6.72. The van der Waals surface area contributed by atoms with E-state index in [2.05, 4.69) is 132 Å². The van der Waals surface area contributed by atoms with Gasteiger partial charge in [0.25, 0.3) is 0 Å². The molecule has 0 aliphatic carbocycles. The molecule has 10 rings (SSSR count). The van der Waals surface area contributed by atoms with Gasteiger partial charge in [0.05, 0.1) is 38.8 Å². The average Bonchev–Trinajstić information content (AvgIpc) is 3.66. The molecule has 5 nitrogen and oxygen atoms in total. The molecule has 9 aromatic rings. The van der Waals surface area contributed by atoms with Crippen molar-refractivity contribution in [2.24, 2.45) is 0 Å². The maximum Gasteiger partial charge on any atom is 0.235 e. The third-order valence-electron chi connectivity index (χ3n) is 9.83. The summed E-state index contributed by atoms with van der Waals surface area (Å²) in [6.07, 6.45) is 6.22. The second-order valence-electron chi connectivity index (χ2n) is 12.6. The smallest absolute Gasteiger partial charge is 0.235 e. The van der Waals surface area contributed by atoms with Gasteiger partial charge in [0, 0.05) is 33.0 Å². The van der Waals surface area contributed by atoms with Gasteiger partial charge in [-0.15, -0.1) is 0 Å². The van der Waals surface area contributed by atoms with E-state index in [0.717, 1.165) is 89.1 Å². The van der Waals surface area contributed by atoms with Gasteiger partial charge in [-0.05, 0) is 84.8 Å². The highest BCUT2D eigenvalue weighted by Crippen LogP contribution is 2.46. The highest BCUT2D eigenvalue weighted by Gasteiger charge is 2.24. The summed E-state index contributed by atoms with van der Waals surface area (Å²) in [7, 11) is 0. The quantitative estimate of drug-likeness (QED) is 0.188. The molecule has 0 atom stereocenters. The molecular formula is C45H30N4O. The lowest BCUT2D eigenvalue weighted by molar-refractivity contribution is 0.486. The Morgan fingerprint density at radius 2 is 1.38 bits per heavy atom. The van der Waals surface area contributed by atoms with E-state index < -0.39 is 0 Å². The molecule has 0 radical (unpaired) electrons. The van der Waals surface area contributed by atoms with Crippen LogP contribution in [0.2, 0.25) is 0 Å². The lowest BCUT2D eigenvalue weighted by Gasteiger charge is -2.20. The average molecular weight is 643 g/mol. The maximum absolute atomic E-state index is 6.26. The van der Waals surface area contributed by atoms with Crippen LogP contribution >= 0.6 is 0 Å². The first-order chi connectivity index (χ1) is 24.7. The molecule has 4 heterocycles. The number of hydrogen-bond donors (Lipinski definition) is 0. The molecule has 3 aromatic heterocycles. The number of nitrogens with zero attached hydrogens (tertiary/aromatic N) is 4. The van der Waals surface area contributed by atoms with Gasteiger partial charge in [0.2, 0.25) is 5.95 Å². The first kappa shape index (κ1) is 28.3. The van der Waals surface area contributed by atoms with Crippen molar-refractivity contribution < 1.29 is 4.74 Å². The van der Waals surface area contributed by atoms with Crippen molar-refractivity contribution >= 4 is 55.8 Å². The van der Waals surface area contributed by atoms with Crippen LogP contribution < -0.4 is 4.74 Å². The molecule has 50 heavy (non-hydrogen) atoms. The van der Waals surface area contributed by atoms with Gasteiger partial charge in [-0.2, -0.15) is 0 Å². The number of aromatic nitrogens is 4. The highest BCUT2D eigenvalue weighted by molar-refractivity contribution is 6.11. The van der Waals surface area contributed by atoms with E-state index >= 15 is 0 Å². The Morgan fingerprint density at radius 3 is 2.26 bits per heavy atom. The Bertz CT molecular complexity index is 2870. The number of benzene rings is 6. The van der Waals surface area contributed by atoms with Crippen molar-refractivity contribution in [3.8, 4) is 45.5 Å². The summed E-state index contributed by atoms with van der Waals surface area (Å²) in [5.74, 6) is 2.22. The number of ether oxygens (including phenoxy) is 1. The number of fused-ring (bicyclic) bond motifs is 6. The molecule has 236 valence electrons. The van der Waals surface area contributed by atoms with E-state index in [1.807, 2.05) is 42.5 Å². The maximum atomic E-state index is 6.26. The molecule has 0 N–H and O–H groups in total. The molecule has 1 aliphatic rings. The van der Waals surface area contributed by atoms with Crippen LogP contribution in [0.1, 0.15) is 18.2 Å². The number of para-hydroxylation sites is 3. The van der Waals surface area contributed by atoms with E-state index in [4.69, 9.17) is 14.7 Å². The van der Waals surface area contributed by atoms with Crippen molar-refractivity contribution in [3.63, 3.8) is 0 Å². The van der Waals surface area contributed by atoms with Crippen molar-refractivity contribution in [2.45, 2.75) is 6.92 Å². The predicted molar refractivity (Wildman–Crippen MR) is 206 cm³/mol. The Kier molecular flexibility index (Phi) is 6.17. The van der Waals surface area contributed by atoms with E-state index in [1.54, 1.807) is 0 Å². The minimum atomic E-state index is 0.635. The summed E-state index contributed by atoms with van der Waals surface area (Å²) >= 11 is 0. The fourth-order valence-electron chi connectivity index (χ4n) is 7.66. The van der Waals surface area contributed by atoms with Crippen LogP contribution in [0.15, 0.2) is 146 Å². The van der Waals surface area contributed by atoms with Crippen LogP contribution in [-0.2, 0) is 0 Å². The topological polar surface area (TPSA) is 44.9 Å². The van der Waals surface area contributed by atoms with E-state index in [0.29, 0.717) is 5.95 Å². The highest BCUT2D eigenvalue weighted by atomic mass is 16.5. The molecule has 5 heteroatoms. The van der Waals surface area contributed by atoms with Crippen LogP contribution in [0.3, 0.4) is 0 Å². The van der Waals surface area contributed by atoms with Gasteiger partial charge in [-0.25, -0.2) is 9.97 Å². The molecule has 0 unspecified atom stereocenters. The van der Waals surface area contributed by atoms with Crippen molar-refractivity contribution in [1.29, 1.82) is 0 Å². The van der Waals surface area contributed by atoms with Gasteiger partial charge in [0.15, 0.2) is 0 Å². The first-order valence-corrected chi connectivity index (χ1v) is 16.8. The molecule has 0 bridgehead atoms. The largest absolute Gasteiger partial charge is 0.456 e. The van der Waals surface area contributed by atoms with E-state index in [9.17, 15) is 0 Å². The first-order valence-electron chi connectivity index (χ1n) is 16.8. The minimum Gasteiger partial charge on any atom is -0.456 e. The summed E-state index contributed by atoms with van der Waals surface area (Å²) in [5, 5.41) is 4.40. The van der Waals surface area contributed by atoms with Gasteiger partial charge in [0.1, 0.15) is 11.5 Å². The van der Waals surface area contributed by atoms with Gasteiger partial charge >= 0.3 is 0 Å². The van der Waals surface area contributed by atoms with E-state index in [1.165, 1.54) is 5.39 Å². The minimum absolute atomic E-state index is 0.635. The number of rotatable bonds is 5. The van der Waals surface area contributed by atoms with Crippen LogP contribution in [-0.4, -0.2) is 19.1 Å². The summed E-state index contributed by atoms with van der Waals surface area (Å²) in [5.41, 5.74) is 11.6. The second-order valence-corrected chi connectivity index (χ2v) is 12.6. The standard InChI is InChI=1S/C45H30N4O/c1-3-13-37-31(4-2)33-24-22-29(27-40(33)48(37)30-14-6-5-7-15-30)28-23-25-39-35(26-28)32-16-8-10-19-38(32)49(39)45-46-36-18-12-21-42-43(36)44(47-45)34-17-9-11-20-41(34)50-42/h3-27H,2H2,1H3/b13-3-. The molecule has 1 aliphatic heterocycles. The molecular weight excluding hydrogens is 613 g/mol. The zero-order valence-electron chi connectivity index (χ0n) is 27.3. The number of hydrogen-bond acceptors (Lipinski definition) is 3. The Morgan fingerprint density at radius 1 is 0.620 bits per heavy atom. The molecule has 0 fully saturated rings. The SMILES string of the molecule is C=Cc1c(/C=C\C)n(-c2ccccc2)c2cc(-c3ccc4c(c3)c3ccccc3n4-c3nc4c5c(cccc5n3)Oc3ccccc3-4)ccc12. The summed E-state index contributed by atoms with van der Waals surface area (Å²) < 4.78 is 10.8. The molecule has 0 spiro atoms. The monoisotopic (exact) mass is 642 g/mol. The van der Waals surface area contributed by atoms with Crippen LogP contribution in [0.5, 0.6) is 11.5 Å². The van der Waals surface area contributed by atoms with Crippen molar-refractivity contribution in [2.75, 3.05) is 0 Å². The lowest BCUT2D eigenvalue weighted by atomic mass is 10.0. The zero-order valence-corrected chi connectivity index (χ0v) is 27.3. The Balaban J connectivity index is 1.19. The third kappa shape index (κ3) is 4.07. The van der Waals surface area contributed by atoms with Crippen LogP contribution in [0.4, 0.5) is 0 Å². The van der Waals surface area contributed by atoms with Gasteiger partial charge in [-0.1, -0.05) is 91.5 Å². The predicted octanol–water partition coefficient (Wildman–Crippen LogP) is 11.8. The zero-order chi connectivity index (χ0) is 33.3. The molecule has 6 aromatic carbocycles. The summed E-state index contributed by atoms with van der Waals surface area (Å²) in [6.45, 7) is 6.24. The van der Waals surface area contributed by atoms with Crippen molar-refractivity contribution in [3.05, 3.63) is 157 Å². The molecule has 0 saturated heterocycles. The van der Waals surface area contributed by atoms with Crippen molar-refractivity contribution in [1.82, 2.24) is 19.1 Å². The lowest BCUT2D eigenvalue weighted by Crippen LogP contribution is -2.06. The number of allylic oxidation sites excluding steroid dienone is 1. The normalized spacial score (nSPS) is 12.3. The van der Waals surface area contributed by atoms with Gasteiger partial charge in [-0.3, -0.25) is 4.57 Å².